The van der Waals surface area contributed by atoms with Crippen LogP contribution in [0.3, 0.4) is 0 Å². The van der Waals surface area contributed by atoms with Crippen molar-refractivity contribution in [2.24, 2.45) is 5.92 Å². The molecule has 0 saturated carbocycles. The molecule has 2 aromatic rings. The van der Waals surface area contributed by atoms with E-state index in [2.05, 4.69) is 5.32 Å². The molecule has 1 atom stereocenters. The molecular weight excluding hydrogens is 290 g/mol. The molecule has 1 aliphatic rings. The number of hydrogen-bond acceptors (Lipinski definition) is 3. The number of nitrogens with one attached hydrogen (secondary N) is 1. The van der Waals surface area contributed by atoms with E-state index in [0.717, 1.165) is 29.0 Å². The highest BCUT2D eigenvalue weighted by Gasteiger charge is 2.25. The van der Waals surface area contributed by atoms with Gasteiger partial charge in [0.2, 0.25) is 5.91 Å². The fraction of sp³-hybridized carbons (Fsp3) is 0.316. The Morgan fingerprint density at radius 1 is 1.22 bits per heavy atom. The normalized spacial score (nSPS) is 16.1. The lowest BCUT2D eigenvalue weighted by Gasteiger charge is -2.24. The van der Waals surface area contributed by atoms with E-state index in [4.69, 9.17) is 9.47 Å². The van der Waals surface area contributed by atoms with Crippen LogP contribution in [-0.4, -0.2) is 19.1 Å². The third-order valence-corrected chi connectivity index (χ3v) is 3.95. The van der Waals surface area contributed by atoms with Gasteiger partial charge in [0.1, 0.15) is 18.1 Å². The third kappa shape index (κ3) is 3.83. The van der Waals surface area contributed by atoms with Gasteiger partial charge in [-0.1, -0.05) is 30.3 Å². The zero-order valence-corrected chi connectivity index (χ0v) is 13.2. The average Bonchev–Trinajstić information content (AvgIpc) is 2.60. The molecule has 2 aromatic carbocycles. The van der Waals surface area contributed by atoms with Crippen LogP contribution in [-0.2, 0) is 17.8 Å². The number of fused-ring (bicyclic) bond motifs is 1. The van der Waals surface area contributed by atoms with Gasteiger partial charge in [0.15, 0.2) is 0 Å². The fourth-order valence-electron chi connectivity index (χ4n) is 2.70. The van der Waals surface area contributed by atoms with Crippen LogP contribution in [0.4, 0.5) is 0 Å². The van der Waals surface area contributed by atoms with Gasteiger partial charge in [0, 0.05) is 6.54 Å². The Morgan fingerprint density at radius 2 is 2.00 bits per heavy atom. The molecule has 1 unspecified atom stereocenters. The second-order valence-electron chi connectivity index (χ2n) is 5.61. The van der Waals surface area contributed by atoms with E-state index in [0.29, 0.717) is 19.8 Å². The molecule has 0 aliphatic carbocycles. The predicted octanol–water partition coefficient (Wildman–Crippen LogP) is 2.95. The lowest BCUT2D eigenvalue weighted by Crippen LogP contribution is -2.37. The highest BCUT2D eigenvalue weighted by Crippen LogP contribution is 2.26. The molecule has 23 heavy (non-hydrogen) atoms. The number of amides is 1. The summed E-state index contributed by atoms with van der Waals surface area (Å²) < 4.78 is 11.1. The number of carbonyl (C=O) groups excluding carboxylic acids is 1. The van der Waals surface area contributed by atoms with Crippen molar-refractivity contribution in [1.82, 2.24) is 5.32 Å². The van der Waals surface area contributed by atoms with Gasteiger partial charge < -0.3 is 14.8 Å². The van der Waals surface area contributed by atoms with Crippen molar-refractivity contribution < 1.29 is 14.3 Å². The number of ether oxygens (including phenoxy) is 2. The van der Waals surface area contributed by atoms with Crippen molar-refractivity contribution in [2.45, 2.75) is 19.9 Å². The molecule has 1 heterocycles. The van der Waals surface area contributed by atoms with Crippen molar-refractivity contribution >= 4 is 5.91 Å². The van der Waals surface area contributed by atoms with Gasteiger partial charge in [-0.2, -0.15) is 0 Å². The largest absolute Gasteiger partial charge is 0.494 e. The van der Waals surface area contributed by atoms with Gasteiger partial charge >= 0.3 is 0 Å². The molecular formula is C19H21NO3. The second kappa shape index (κ2) is 7.18. The molecule has 4 nitrogen and oxygen atoms in total. The highest BCUT2D eigenvalue weighted by atomic mass is 16.5. The molecule has 120 valence electrons. The van der Waals surface area contributed by atoms with E-state index < -0.39 is 0 Å². The van der Waals surface area contributed by atoms with Crippen molar-refractivity contribution in [3.8, 4) is 11.5 Å². The Bertz CT molecular complexity index is 667. The van der Waals surface area contributed by atoms with Crippen LogP contribution in [0.5, 0.6) is 11.5 Å². The molecule has 1 N–H and O–H groups in total. The Kier molecular flexibility index (Phi) is 4.81. The van der Waals surface area contributed by atoms with Gasteiger partial charge in [-0.05, 0) is 42.7 Å². The minimum absolute atomic E-state index is 0.0355. The summed E-state index contributed by atoms with van der Waals surface area (Å²) in [5.41, 5.74) is 2.15. The summed E-state index contributed by atoms with van der Waals surface area (Å²) in [5.74, 6) is 1.64. The lowest BCUT2D eigenvalue weighted by atomic mass is 9.96. The minimum atomic E-state index is -0.132. The van der Waals surface area contributed by atoms with E-state index in [1.54, 1.807) is 0 Å². The Labute approximate surface area is 136 Å². The maximum atomic E-state index is 12.3. The summed E-state index contributed by atoms with van der Waals surface area (Å²) in [5, 5.41) is 2.99. The van der Waals surface area contributed by atoms with Gasteiger partial charge in [-0.15, -0.1) is 0 Å². The molecule has 0 saturated heterocycles. The molecule has 0 spiro atoms. The zero-order valence-electron chi connectivity index (χ0n) is 13.2. The highest BCUT2D eigenvalue weighted by molar-refractivity contribution is 5.79. The maximum absolute atomic E-state index is 12.3. The fourth-order valence-corrected chi connectivity index (χ4v) is 2.70. The van der Waals surface area contributed by atoms with Crippen LogP contribution >= 0.6 is 0 Å². The minimum Gasteiger partial charge on any atom is -0.494 e. The van der Waals surface area contributed by atoms with E-state index in [1.165, 1.54) is 0 Å². The van der Waals surface area contributed by atoms with Gasteiger partial charge in [-0.3, -0.25) is 4.79 Å². The first-order valence-corrected chi connectivity index (χ1v) is 7.96. The van der Waals surface area contributed by atoms with E-state index in [9.17, 15) is 4.79 Å². The Hall–Kier alpha value is -2.49. The van der Waals surface area contributed by atoms with Gasteiger partial charge in [-0.25, -0.2) is 0 Å². The summed E-state index contributed by atoms with van der Waals surface area (Å²) in [7, 11) is 0. The third-order valence-electron chi connectivity index (χ3n) is 3.95. The maximum Gasteiger partial charge on any atom is 0.227 e. The van der Waals surface area contributed by atoms with E-state index in [-0.39, 0.29) is 11.8 Å². The standard InChI is InChI=1S/C19H21NO3/c1-2-22-17-9-7-14(8-10-17)12-20-19(21)16-11-15-5-3-4-6-18(15)23-13-16/h3-10,16H,2,11-13H2,1H3,(H,20,21). The van der Waals surface area contributed by atoms with E-state index in [1.807, 2.05) is 55.5 Å². The number of hydrogen-bond donors (Lipinski definition) is 1. The smallest absolute Gasteiger partial charge is 0.227 e. The molecule has 0 bridgehead atoms. The van der Waals surface area contributed by atoms with Crippen LogP contribution in [0.2, 0.25) is 0 Å². The summed E-state index contributed by atoms with van der Waals surface area (Å²) in [6.07, 6.45) is 0.727. The summed E-state index contributed by atoms with van der Waals surface area (Å²) in [4.78, 5) is 12.3. The number of para-hydroxylation sites is 1. The number of rotatable bonds is 5. The van der Waals surface area contributed by atoms with Crippen molar-refractivity contribution in [3.63, 3.8) is 0 Å². The Balaban J connectivity index is 1.54. The van der Waals surface area contributed by atoms with E-state index >= 15 is 0 Å². The number of benzene rings is 2. The SMILES string of the molecule is CCOc1ccc(CNC(=O)C2COc3ccccc3C2)cc1. The number of carbonyl (C=O) groups is 1. The second-order valence-corrected chi connectivity index (χ2v) is 5.61. The van der Waals surface area contributed by atoms with Crippen molar-refractivity contribution in [1.29, 1.82) is 0 Å². The van der Waals surface area contributed by atoms with Crippen LogP contribution in [0.25, 0.3) is 0 Å². The van der Waals surface area contributed by atoms with Crippen molar-refractivity contribution in [2.75, 3.05) is 13.2 Å². The lowest BCUT2D eigenvalue weighted by molar-refractivity contribution is -0.126. The molecule has 1 aliphatic heterocycles. The van der Waals surface area contributed by atoms with Crippen LogP contribution < -0.4 is 14.8 Å². The zero-order chi connectivity index (χ0) is 16.1. The summed E-state index contributed by atoms with van der Waals surface area (Å²) in [6, 6.07) is 15.7. The predicted molar refractivity (Wildman–Crippen MR) is 88.6 cm³/mol. The van der Waals surface area contributed by atoms with Crippen molar-refractivity contribution in [3.05, 3.63) is 59.7 Å². The quantitative estimate of drug-likeness (QED) is 0.923. The van der Waals surface area contributed by atoms with Crippen LogP contribution in [0.1, 0.15) is 18.1 Å². The first-order chi connectivity index (χ1) is 11.3. The molecule has 4 heteroatoms. The molecule has 0 radical (unpaired) electrons. The van der Waals surface area contributed by atoms with Gasteiger partial charge in [0.05, 0.1) is 12.5 Å². The topological polar surface area (TPSA) is 47.6 Å². The first kappa shape index (κ1) is 15.4. The monoisotopic (exact) mass is 311 g/mol. The summed E-state index contributed by atoms with van der Waals surface area (Å²) in [6.45, 7) is 3.56. The molecule has 3 rings (SSSR count). The average molecular weight is 311 g/mol. The molecule has 0 aromatic heterocycles. The molecule has 1 amide bonds. The molecule has 0 fully saturated rings. The summed E-state index contributed by atoms with van der Waals surface area (Å²) >= 11 is 0. The van der Waals surface area contributed by atoms with Crippen LogP contribution in [0, 0.1) is 5.92 Å². The first-order valence-electron chi connectivity index (χ1n) is 7.96. The van der Waals surface area contributed by atoms with Crippen LogP contribution in [0.15, 0.2) is 48.5 Å². The van der Waals surface area contributed by atoms with Gasteiger partial charge in [0.25, 0.3) is 0 Å². The Morgan fingerprint density at radius 3 is 2.78 bits per heavy atom.